The molecular formula is C18H22N2O3. The fourth-order valence-electron chi connectivity index (χ4n) is 3.47. The zero-order valence-corrected chi connectivity index (χ0v) is 13.7. The van der Waals surface area contributed by atoms with Gasteiger partial charge in [-0.15, -0.1) is 0 Å². The first-order chi connectivity index (χ1) is 11.1. The molecule has 23 heavy (non-hydrogen) atoms. The molecule has 2 fully saturated rings. The maximum Gasteiger partial charge on any atom is 0.258 e. The van der Waals surface area contributed by atoms with E-state index in [0.717, 1.165) is 28.7 Å². The summed E-state index contributed by atoms with van der Waals surface area (Å²) in [6.07, 6.45) is 2.52. The predicted molar refractivity (Wildman–Crippen MR) is 87.6 cm³/mol. The molecule has 1 aromatic carbocycles. The van der Waals surface area contributed by atoms with Crippen LogP contribution in [0.2, 0.25) is 0 Å². The van der Waals surface area contributed by atoms with Crippen LogP contribution in [0, 0.1) is 6.92 Å². The van der Waals surface area contributed by atoms with Crippen molar-refractivity contribution in [3.8, 4) is 0 Å². The Hall–Kier alpha value is -2.14. The van der Waals surface area contributed by atoms with Gasteiger partial charge in [-0.3, -0.25) is 9.59 Å². The number of nitrogens with zero attached hydrogens (tertiary/aromatic N) is 2. The van der Waals surface area contributed by atoms with Gasteiger partial charge in [0.05, 0.1) is 26.3 Å². The summed E-state index contributed by atoms with van der Waals surface area (Å²) in [6.45, 7) is 9.71. The van der Waals surface area contributed by atoms with Crippen LogP contribution in [-0.2, 0) is 20.7 Å². The molecule has 2 heterocycles. The van der Waals surface area contributed by atoms with E-state index in [4.69, 9.17) is 4.74 Å². The number of amides is 2. The average Bonchev–Trinajstić information content (AvgIpc) is 2.74. The summed E-state index contributed by atoms with van der Waals surface area (Å²) >= 11 is 0. The number of hydrogen-bond acceptors (Lipinski definition) is 3. The molecule has 1 aromatic rings. The van der Waals surface area contributed by atoms with Crippen LogP contribution in [0.3, 0.4) is 0 Å². The van der Waals surface area contributed by atoms with Crippen molar-refractivity contribution in [1.29, 1.82) is 0 Å². The fourth-order valence-corrected chi connectivity index (χ4v) is 3.47. The van der Waals surface area contributed by atoms with Crippen LogP contribution in [0.5, 0.6) is 0 Å². The smallest absolute Gasteiger partial charge is 0.258 e. The van der Waals surface area contributed by atoms with Crippen molar-refractivity contribution >= 4 is 17.9 Å². The number of benzene rings is 1. The van der Waals surface area contributed by atoms with Crippen LogP contribution in [0.15, 0.2) is 18.7 Å². The van der Waals surface area contributed by atoms with Crippen LogP contribution in [0.25, 0.3) is 6.08 Å². The molecule has 0 N–H and O–H groups in total. The van der Waals surface area contributed by atoms with Gasteiger partial charge < -0.3 is 4.74 Å². The van der Waals surface area contributed by atoms with Crippen LogP contribution in [0.1, 0.15) is 35.1 Å². The minimum absolute atomic E-state index is 0.151. The van der Waals surface area contributed by atoms with E-state index in [2.05, 4.69) is 12.6 Å². The number of carbonyl (C=O) groups excluding carboxylic acids is 2. The normalized spacial score (nSPS) is 19.0. The second kappa shape index (κ2) is 6.16. The minimum atomic E-state index is -0.753. The molecule has 0 radical (unpaired) electrons. The lowest BCUT2D eigenvalue weighted by molar-refractivity contribution is -0.145. The molecule has 2 saturated heterocycles. The lowest BCUT2D eigenvalue weighted by Gasteiger charge is -2.23. The fraction of sp³-hybridized carbons (Fsp3) is 0.444. The van der Waals surface area contributed by atoms with Gasteiger partial charge in [0.25, 0.3) is 11.8 Å². The summed E-state index contributed by atoms with van der Waals surface area (Å²) < 4.78 is 5.37. The zero-order valence-electron chi connectivity index (χ0n) is 13.7. The van der Waals surface area contributed by atoms with Crippen molar-refractivity contribution in [2.24, 2.45) is 0 Å². The first kappa shape index (κ1) is 15.7. The molecule has 2 aliphatic rings. The lowest BCUT2D eigenvalue weighted by atomic mass is 9.86. The highest BCUT2D eigenvalue weighted by atomic mass is 16.5. The molecule has 0 atom stereocenters. The first-order valence-corrected chi connectivity index (χ1v) is 8.04. The van der Waals surface area contributed by atoms with Crippen LogP contribution >= 0.6 is 0 Å². The molecule has 0 spiro atoms. The van der Waals surface area contributed by atoms with Gasteiger partial charge in [0, 0.05) is 0 Å². The Kier molecular flexibility index (Phi) is 4.22. The number of carbonyl (C=O) groups is 2. The van der Waals surface area contributed by atoms with Gasteiger partial charge in [-0.1, -0.05) is 37.3 Å². The molecule has 0 aliphatic carbocycles. The highest BCUT2D eigenvalue weighted by Gasteiger charge is 2.47. The Labute approximate surface area is 136 Å². The summed E-state index contributed by atoms with van der Waals surface area (Å²) in [7, 11) is 0. The van der Waals surface area contributed by atoms with Gasteiger partial charge in [0.2, 0.25) is 0 Å². The molecule has 3 rings (SSSR count). The Morgan fingerprint density at radius 1 is 1.22 bits per heavy atom. The molecular weight excluding hydrogens is 292 g/mol. The summed E-state index contributed by atoms with van der Waals surface area (Å²) in [5.41, 5.74) is 3.85. The van der Waals surface area contributed by atoms with Crippen molar-refractivity contribution in [3.05, 3.63) is 41.0 Å². The zero-order chi connectivity index (χ0) is 16.6. The van der Waals surface area contributed by atoms with Gasteiger partial charge in [-0.25, -0.2) is 10.0 Å². The Morgan fingerprint density at radius 3 is 2.35 bits per heavy atom. The molecule has 2 aliphatic heterocycles. The Morgan fingerprint density at radius 2 is 1.83 bits per heavy atom. The molecule has 5 nitrogen and oxygen atoms in total. The maximum atomic E-state index is 12.9. The average molecular weight is 314 g/mol. The molecule has 5 heteroatoms. The molecule has 2 amide bonds. The molecule has 0 aromatic heterocycles. The van der Waals surface area contributed by atoms with E-state index in [1.165, 1.54) is 0 Å². The van der Waals surface area contributed by atoms with E-state index in [1.54, 1.807) is 16.1 Å². The van der Waals surface area contributed by atoms with E-state index in [0.29, 0.717) is 26.3 Å². The number of fused-ring (bicyclic) bond motifs is 1. The first-order valence-electron chi connectivity index (χ1n) is 8.04. The minimum Gasteiger partial charge on any atom is -0.378 e. The van der Waals surface area contributed by atoms with Crippen LogP contribution < -0.4 is 0 Å². The van der Waals surface area contributed by atoms with Crippen molar-refractivity contribution in [1.82, 2.24) is 10.0 Å². The van der Waals surface area contributed by atoms with E-state index in [-0.39, 0.29) is 11.8 Å². The quantitative estimate of drug-likeness (QED) is 0.801. The third kappa shape index (κ3) is 2.55. The van der Waals surface area contributed by atoms with Crippen molar-refractivity contribution in [3.63, 3.8) is 0 Å². The van der Waals surface area contributed by atoms with Gasteiger partial charge in [0.15, 0.2) is 0 Å². The van der Waals surface area contributed by atoms with Crippen molar-refractivity contribution in [2.75, 3.05) is 26.3 Å². The molecule has 0 unspecified atom stereocenters. The SMILES string of the molecule is C=Cc1cc(C)cc(CC)c1C1C(=O)N2CCOCCN2C1=O. The number of hydrazine groups is 1. The Balaban J connectivity index is 2.10. The summed E-state index contributed by atoms with van der Waals surface area (Å²) in [5, 5.41) is 3.10. The summed E-state index contributed by atoms with van der Waals surface area (Å²) in [4.78, 5) is 25.8. The monoisotopic (exact) mass is 314 g/mol. The second-order valence-corrected chi connectivity index (χ2v) is 5.95. The van der Waals surface area contributed by atoms with Crippen molar-refractivity contribution < 1.29 is 14.3 Å². The number of rotatable bonds is 3. The van der Waals surface area contributed by atoms with Gasteiger partial charge in [-0.2, -0.15) is 0 Å². The standard InChI is InChI=1S/C18H22N2O3/c1-4-13-10-12(3)11-14(5-2)15(13)16-17(21)19-6-8-23-9-7-20(19)18(16)22/h4,10-11,16H,1,5-9H2,2-3H3. The Bertz CT molecular complexity index is 644. The topological polar surface area (TPSA) is 49.9 Å². The third-order valence-corrected chi connectivity index (χ3v) is 4.52. The van der Waals surface area contributed by atoms with Gasteiger partial charge in [-0.05, 0) is 30.0 Å². The highest BCUT2D eigenvalue weighted by molar-refractivity contribution is 6.11. The van der Waals surface area contributed by atoms with Crippen LogP contribution in [-0.4, -0.2) is 48.1 Å². The second-order valence-electron chi connectivity index (χ2n) is 5.95. The van der Waals surface area contributed by atoms with Gasteiger partial charge in [0.1, 0.15) is 5.92 Å². The summed E-state index contributed by atoms with van der Waals surface area (Å²) in [6, 6.07) is 4.05. The maximum absolute atomic E-state index is 12.9. The number of hydrogen-bond donors (Lipinski definition) is 0. The molecule has 0 saturated carbocycles. The van der Waals surface area contributed by atoms with E-state index in [1.807, 2.05) is 19.9 Å². The number of aryl methyl sites for hydroxylation is 2. The third-order valence-electron chi connectivity index (χ3n) is 4.52. The molecule has 0 bridgehead atoms. The predicted octanol–water partition coefficient (Wildman–Crippen LogP) is 1.90. The molecule has 122 valence electrons. The van der Waals surface area contributed by atoms with Crippen molar-refractivity contribution in [2.45, 2.75) is 26.2 Å². The van der Waals surface area contributed by atoms with Gasteiger partial charge >= 0.3 is 0 Å². The largest absolute Gasteiger partial charge is 0.378 e. The van der Waals surface area contributed by atoms with Crippen LogP contribution in [0.4, 0.5) is 0 Å². The summed E-state index contributed by atoms with van der Waals surface area (Å²) in [5.74, 6) is -1.05. The highest BCUT2D eigenvalue weighted by Crippen LogP contribution is 2.35. The number of ether oxygens (including phenoxy) is 1. The van der Waals surface area contributed by atoms with E-state index in [9.17, 15) is 9.59 Å². The van der Waals surface area contributed by atoms with E-state index >= 15 is 0 Å². The van der Waals surface area contributed by atoms with E-state index < -0.39 is 5.92 Å². The lowest BCUT2D eigenvalue weighted by Crippen LogP contribution is -2.41.